The summed E-state index contributed by atoms with van der Waals surface area (Å²) in [5.74, 6) is -0.283. The number of ketones is 1. The third-order valence-electron chi connectivity index (χ3n) is 2.99. The first-order chi connectivity index (χ1) is 9.47. The van der Waals surface area contributed by atoms with E-state index in [2.05, 4.69) is 5.32 Å². The predicted octanol–water partition coefficient (Wildman–Crippen LogP) is 2.81. The lowest BCUT2D eigenvalue weighted by molar-refractivity contribution is 0.0942. The second-order valence-corrected chi connectivity index (χ2v) is 5.03. The van der Waals surface area contributed by atoms with Gasteiger partial charge in [0, 0.05) is 30.4 Å². The minimum Gasteiger partial charge on any atom is -0.347 e. The van der Waals surface area contributed by atoms with Crippen LogP contribution < -0.4 is 5.32 Å². The Morgan fingerprint density at radius 1 is 1.30 bits per heavy atom. The van der Waals surface area contributed by atoms with Crippen LogP contribution in [0, 0.1) is 0 Å². The van der Waals surface area contributed by atoms with Crippen molar-refractivity contribution in [2.75, 3.05) is 0 Å². The summed E-state index contributed by atoms with van der Waals surface area (Å²) in [5, 5.41) is 3.44. The van der Waals surface area contributed by atoms with Crippen molar-refractivity contribution in [1.82, 2.24) is 9.88 Å². The Hall–Kier alpha value is -2.07. The van der Waals surface area contributed by atoms with Gasteiger partial charge in [-0.3, -0.25) is 9.59 Å². The number of rotatable bonds is 4. The van der Waals surface area contributed by atoms with Crippen LogP contribution in [0.1, 0.15) is 33.3 Å². The average Bonchev–Trinajstić information content (AvgIpc) is 2.78. The molecule has 1 amide bonds. The summed E-state index contributed by atoms with van der Waals surface area (Å²) in [7, 11) is 1.74. The number of nitrogens with zero attached hydrogens (tertiary/aromatic N) is 1. The highest BCUT2D eigenvalue weighted by atomic mass is 35.5. The Morgan fingerprint density at radius 3 is 2.65 bits per heavy atom. The molecule has 2 aromatic rings. The van der Waals surface area contributed by atoms with Gasteiger partial charge in [0.2, 0.25) is 0 Å². The minimum atomic E-state index is -0.222. The highest BCUT2D eigenvalue weighted by molar-refractivity contribution is 6.30. The molecule has 5 heteroatoms. The molecular weight excluding hydrogens is 276 g/mol. The maximum atomic E-state index is 12.1. The number of aromatic nitrogens is 1. The van der Waals surface area contributed by atoms with Crippen LogP contribution in [0.3, 0.4) is 0 Å². The van der Waals surface area contributed by atoms with Gasteiger partial charge in [0.25, 0.3) is 5.91 Å². The molecule has 0 fully saturated rings. The van der Waals surface area contributed by atoms with Crippen LogP contribution in [0.25, 0.3) is 0 Å². The predicted molar refractivity (Wildman–Crippen MR) is 78.0 cm³/mol. The van der Waals surface area contributed by atoms with Crippen LogP contribution in [-0.2, 0) is 13.6 Å². The summed E-state index contributed by atoms with van der Waals surface area (Å²) >= 11 is 5.89. The highest BCUT2D eigenvalue weighted by Gasteiger charge is 2.13. The number of amides is 1. The van der Waals surface area contributed by atoms with Crippen molar-refractivity contribution < 1.29 is 9.59 Å². The Kier molecular flexibility index (Phi) is 4.25. The highest BCUT2D eigenvalue weighted by Crippen LogP contribution is 2.11. The minimum absolute atomic E-state index is 0.0607. The topological polar surface area (TPSA) is 51.1 Å². The summed E-state index contributed by atoms with van der Waals surface area (Å²) in [5.41, 5.74) is 1.91. The van der Waals surface area contributed by atoms with Crippen molar-refractivity contribution in [3.05, 3.63) is 58.4 Å². The molecule has 1 aromatic heterocycles. The van der Waals surface area contributed by atoms with Gasteiger partial charge in [0.15, 0.2) is 5.78 Å². The van der Waals surface area contributed by atoms with Crippen molar-refractivity contribution in [2.24, 2.45) is 7.05 Å². The number of halogens is 1. The Bertz CT molecular complexity index is 662. The largest absolute Gasteiger partial charge is 0.347 e. The molecule has 104 valence electrons. The fraction of sp³-hybridized carbons (Fsp3) is 0.200. The zero-order valence-electron chi connectivity index (χ0n) is 11.3. The summed E-state index contributed by atoms with van der Waals surface area (Å²) in [6.45, 7) is 1.86. The average molecular weight is 291 g/mol. The van der Waals surface area contributed by atoms with E-state index in [0.717, 1.165) is 5.56 Å². The molecule has 0 saturated heterocycles. The van der Waals surface area contributed by atoms with Crippen LogP contribution in [0.4, 0.5) is 0 Å². The van der Waals surface area contributed by atoms with E-state index in [4.69, 9.17) is 11.6 Å². The molecule has 0 unspecified atom stereocenters. The second kappa shape index (κ2) is 5.92. The van der Waals surface area contributed by atoms with Gasteiger partial charge in [0.1, 0.15) is 5.69 Å². The van der Waals surface area contributed by atoms with Gasteiger partial charge >= 0.3 is 0 Å². The maximum absolute atomic E-state index is 12.1. The van der Waals surface area contributed by atoms with Gasteiger partial charge in [-0.25, -0.2) is 0 Å². The van der Waals surface area contributed by atoms with Gasteiger partial charge in [-0.1, -0.05) is 23.7 Å². The van der Waals surface area contributed by atoms with Crippen LogP contribution >= 0.6 is 11.6 Å². The van der Waals surface area contributed by atoms with Crippen molar-refractivity contribution in [3.63, 3.8) is 0 Å². The molecule has 0 spiro atoms. The first-order valence-corrected chi connectivity index (χ1v) is 6.55. The summed E-state index contributed by atoms with van der Waals surface area (Å²) in [6.07, 6.45) is 1.65. The SMILES string of the molecule is CC(=O)c1cc(C(=O)NCc2cccc(Cl)c2)n(C)c1. The van der Waals surface area contributed by atoms with Crippen molar-refractivity contribution in [1.29, 1.82) is 0 Å². The van der Waals surface area contributed by atoms with Crippen molar-refractivity contribution >= 4 is 23.3 Å². The number of aryl methyl sites for hydroxylation is 1. The molecule has 1 N–H and O–H groups in total. The monoisotopic (exact) mass is 290 g/mol. The molecule has 0 aliphatic carbocycles. The van der Waals surface area contributed by atoms with E-state index in [1.54, 1.807) is 36.0 Å². The smallest absolute Gasteiger partial charge is 0.268 e. The third-order valence-corrected chi connectivity index (χ3v) is 3.22. The van der Waals surface area contributed by atoms with E-state index in [-0.39, 0.29) is 11.7 Å². The molecule has 4 nitrogen and oxygen atoms in total. The molecule has 0 aliphatic heterocycles. The lowest BCUT2D eigenvalue weighted by atomic mass is 10.2. The zero-order chi connectivity index (χ0) is 14.7. The third kappa shape index (κ3) is 3.27. The fourth-order valence-corrected chi connectivity index (χ4v) is 2.12. The number of benzene rings is 1. The van der Waals surface area contributed by atoms with Gasteiger partial charge in [-0.2, -0.15) is 0 Å². The maximum Gasteiger partial charge on any atom is 0.268 e. The molecular formula is C15H15ClN2O2. The van der Waals surface area contributed by atoms with E-state index < -0.39 is 0 Å². The standard InChI is InChI=1S/C15H15ClN2O2/c1-10(19)12-7-14(18(2)9-12)15(20)17-8-11-4-3-5-13(16)6-11/h3-7,9H,8H2,1-2H3,(H,17,20). The number of carbonyl (C=O) groups excluding carboxylic acids is 2. The molecule has 2 rings (SSSR count). The van der Waals surface area contributed by atoms with Crippen LogP contribution in [0.2, 0.25) is 5.02 Å². The Balaban J connectivity index is 2.07. The van der Waals surface area contributed by atoms with E-state index in [1.807, 2.05) is 12.1 Å². The van der Waals surface area contributed by atoms with Gasteiger partial charge in [0.05, 0.1) is 0 Å². The number of hydrogen-bond donors (Lipinski definition) is 1. The first-order valence-electron chi connectivity index (χ1n) is 6.17. The molecule has 1 aromatic carbocycles. The lowest BCUT2D eigenvalue weighted by Crippen LogP contribution is -2.24. The lowest BCUT2D eigenvalue weighted by Gasteiger charge is -2.06. The van der Waals surface area contributed by atoms with E-state index >= 15 is 0 Å². The molecule has 0 radical (unpaired) electrons. The van der Waals surface area contributed by atoms with E-state index in [0.29, 0.717) is 22.8 Å². The molecule has 20 heavy (non-hydrogen) atoms. The number of carbonyl (C=O) groups is 2. The molecule has 0 atom stereocenters. The first kappa shape index (κ1) is 14.3. The van der Waals surface area contributed by atoms with Gasteiger partial charge < -0.3 is 9.88 Å². The summed E-state index contributed by atoms with van der Waals surface area (Å²) in [4.78, 5) is 23.4. The fourth-order valence-electron chi connectivity index (χ4n) is 1.90. The van der Waals surface area contributed by atoms with Gasteiger partial charge in [-0.15, -0.1) is 0 Å². The summed E-state index contributed by atoms with van der Waals surface area (Å²) < 4.78 is 1.64. The van der Waals surface area contributed by atoms with Crippen LogP contribution in [-0.4, -0.2) is 16.3 Å². The summed E-state index contributed by atoms with van der Waals surface area (Å²) in [6, 6.07) is 8.89. The normalized spacial score (nSPS) is 10.3. The molecule has 0 aliphatic rings. The Morgan fingerprint density at radius 2 is 2.05 bits per heavy atom. The van der Waals surface area contributed by atoms with Crippen LogP contribution in [0.5, 0.6) is 0 Å². The molecule has 0 saturated carbocycles. The number of nitrogens with one attached hydrogen (secondary N) is 1. The van der Waals surface area contributed by atoms with Crippen LogP contribution in [0.15, 0.2) is 36.5 Å². The van der Waals surface area contributed by atoms with Crippen molar-refractivity contribution in [2.45, 2.75) is 13.5 Å². The number of Topliss-reactive ketones (excluding diaryl/α,β-unsaturated/α-hetero) is 1. The molecule has 1 heterocycles. The zero-order valence-corrected chi connectivity index (χ0v) is 12.1. The van der Waals surface area contributed by atoms with Gasteiger partial charge in [-0.05, 0) is 30.7 Å². The second-order valence-electron chi connectivity index (χ2n) is 4.59. The van der Waals surface area contributed by atoms with E-state index in [9.17, 15) is 9.59 Å². The van der Waals surface area contributed by atoms with E-state index in [1.165, 1.54) is 6.92 Å². The van der Waals surface area contributed by atoms with Crippen molar-refractivity contribution in [3.8, 4) is 0 Å². The number of hydrogen-bond acceptors (Lipinski definition) is 2. The molecule has 0 bridgehead atoms. The quantitative estimate of drug-likeness (QED) is 0.880. The Labute approximate surface area is 122 Å².